The van der Waals surface area contributed by atoms with Crippen molar-refractivity contribution in [1.29, 1.82) is 0 Å². The Balaban J connectivity index is 2.52. The predicted molar refractivity (Wildman–Crippen MR) is 65.2 cm³/mol. The van der Waals surface area contributed by atoms with E-state index in [4.69, 9.17) is 37.4 Å². The molecule has 0 radical (unpaired) electrons. The second-order valence-corrected chi connectivity index (χ2v) is 6.30. The summed E-state index contributed by atoms with van der Waals surface area (Å²) in [5.74, 6) is -1.31. The second-order valence-electron chi connectivity index (χ2n) is 4.81. The van der Waals surface area contributed by atoms with Crippen molar-refractivity contribution in [3.63, 3.8) is 0 Å². The van der Waals surface area contributed by atoms with Crippen LogP contribution in [0.1, 0.15) is 34.1 Å². The van der Waals surface area contributed by atoms with Crippen LogP contribution in [-0.2, 0) is 19.0 Å². The third-order valence-corrected chi connectivity index (χ3v) is 2.81. The SMILES string of the molecule is CC(C)OC(=O)C(Cl)(Cl)CC1COC(C)(C)O1. The Kier molecular flexibility index (Phi) is 4.69. The third-order valence-electron chi connectivity index (χ3n) is 2.19. The van der Waals surface area contributed by atoms with E-state index in [1.807, 2.05) is 0 Å². The molecule has 1 rings (SSSR count). The molecule has 1 heterocycles. The van der Waals surface area contributed by atoms with Gasteiger partial charge in [0.2, 0.25) is 4.33 Å². The third kappa shape index (κ3) is 4.62. The Labute approximate surface area is 111 Å². The molecule has 1 atom stereocenters. The molecule has 6 heteroatoms. The van der Waals surface area contributed by atoms with E-state index in [1.165, 1.54) is 0 Å². The van der Waals surface area contributed by atoms with Gasteiger partial charge in [-0.3, -0.25) is 0 Å². The first-order valence-corrected chi connectivity index (χ1v) is 6.29. The van der Waals surface area contributed by atoms with Crippen LogP contribution in [-0.4, -0.2) is 34.9 Å². The van der Waals surface area contributed by atoms with Crippen molar-refractivity contribution in [2.45, 2.75) is 56.4 Å². The molecule has 0 bridgehead atoms. The summed E-state index contributed by atoms with van der Waals surface area (Å²) in [5.41, 5.74) is 0. The topological polar surface area (TPSA) is 44.8 Å². The van der Waals surface area contributed by atoms with Crippen LogP contribution in [0.2, 0.25) is 0 Å². The molecule has 1 aliphatic rings. The minimum Gasteiger partial charge on any atom is -0.461 e. The van der Waals surface area contributed by atoms with E-state index in [2.05, 4.69) is 0 Å². The maximum atomic E-state index is 11.6. The van der Waals surface area contributed by atoms with Gasteiger partial charge in [-0.05, 0) is 27.7 Å². The van der Waals surface area contributed by atoms with Gasteiger partial charge in [-0.1, -0.05) is 23.2 Å². The fraction of sp³-hybridized carbons (Fsp3) is 0.909. The van der Waals surface area contributed by atoms with E-state index in [1.54, 1.807) is 27.7 Å². The molecule has 1 unspecified atom stereocenters. The molecule has 0 aromatic rings. The molecular formula is C11H18Cl2O4. The van der Waals surface area contributed by atoms with Gasteiger partial charge < -0.3 is 14.2 Å². The lowest BCUT2D eigenvalue weighted by Crippen LogP contribution is -2.35. The highest BCUT2D eigenvalue weighted by Gasteiger charge is 2.43. The normalized spacial score (nSPS) is 24.1. The molecule has 1 aliphatic heterocycles. The van der Waals surface area contributed by atoms with Crippen molar-refractivity contribution in [2.24, 2.45) is 0 Å². The molecule has 0 aromatic heterocycles. The summed E-state index contributed by atoms with van der Waals surface area (Å²) in [7, 11) is 0. The van der Waals surface area contributed by atoms with Crippen molar-refractivity contribution >= 4 is 29.2 Å². The number of ether oxygens (including phenoxy) is 3. The predicted octanol–water partition coefficient (Wildman–Crippen LogP) is 2.65. The quantitative estimate of drug-likeness (QED) is 0.588. The average molecular weight is 285 g/mol. The molecule has 4 nitrogen and oxygen atoms in total. The van der Waals surface area contributed by atoms with Gasteiger partial charge in [0.1, 0.15) is 0 Å². The zero-order chi connectivity index (χ0) is 13.3. The summed E-state index contributed by atoms with van der Waals surface area (Å²) in [5, 5.41) is 0. The van der Waals surface area contributed by atoms with Crippen molar-refractivity contribution in [1.82, 2.24) is 0 Å². The van der Waals surface area contributed by atoms with Crippen LogP contribution >= 0.6 is 23.2 Å². The summed E-state index contributed by atoms with van der Waals surface area (Å²) in [6, 6.07) is 0. The lowest BCUT2D eigenvalue weighted by atomic mass is 10.2. The molecule has 1 saturated heterocycles. The van der Waals surface area contributed by atoms with E-state index in [-0.39, 0.29) is 18.6 Å². The highest BCUT2D eigenvalue weighted by atomic mass is 35.5. The lowest BCUT2D eigenvalue weighted by molar-refractivity contribution is -0.152. The fourth-order valence-corrected chi connectivity index (χ4v) is 1.97. The van der Waals surface area contributed by atoms with Crippen molar-refractivity contribution in [2.75, 3.05) is 6.61 Å². The number of rotatable bonds is 4. The van der Waals surface area contributed by atoms with Crippen molar-refractivity contribution < 1.29 is 19.0 Å². The number of esters is 1. The van der Waals surface area contributed by atoms with E-state index >= 15 is 0 Å². The number of carbonyl (C=O) groups excluding carboxylic acids is 1. The summed E-state index contributed by atoms with van der Waals surface area (Å²) >= 11 is 11.9. The molecule has 0 spiro atoms. The van der Waals surface area contributed by atoms with Gasteiger partial charge in [-0.25, -0.2) is 4.79 Å². The Morgan fingerprint density at radius 3 is 2.53 bits per heavy atom. The van der Waals surface area contributed by atoms with Gasteiger partial charge in [0, 0.05) is 6.42 Å². The summed E-state index contributed by atoms with van der Waals surface area (Å²) in [6.45, 7) is 7.43. The van der Waals surface area contributed by atoms with Crippen LogP contribution in [0.3, 0.4) is 0 Å². The smallest absolute Gasteiger partial charge is 0.342 e. The Hall–Kier alpha value is -0.0300. The molecule has 0 N–H and O–H groups in total. The van der Waals surface area contributed by atoms with Crippen molar-refractivity contribution in [3.05, 3.63) is 0 Å². The standard InChI is InChI=1S/C11H18Cl2O4/c1-7(2)16-9(14)11(12,13)5-8-6-15-10(3,4)17-8/h7-8H,5-6H2,1-4H3. The van der Waals surface area contributed by atoms with E-state index < -0.39 is 16.1 Å². The molecule has 0 saturated carbocycles. The fourth-order valence-electron chi connectivity index (χ4n) is 1.53. The van der Waals surface area contributed by atoms with E-state index in [0.717, 1.165) is 0 Å². The largest absolute Gasteiger partial charge is 0.461 e. The summed E-state index contributed by atoms with van der Waals surface area (Å²) < 4.78 is 14.3. The molecule has 1 fully saturated rings. The first-order valence-electron chi connectivity index (χ1n) is 5.53. The molecule has 0 aliphatic carbocycles. The van der Waals surface area contributed by atoms with Gasteiger partial charge >= 0.3 is 5.97 Å². The molecule has 17 heavy (non-hydrogen) atoms. The Morgan fingerprint density at radius 2 is 2.12 bits per heavy atom. The summed E-state index contributed by atoms with van der Waals surface area (Å²) in [6.07, 6.45) is -0.415. The number of hydrogen-bond donors (Lipinski definition) is 0. The monoisotopic (exact) mass is 284 g/mol. The lowest BCUT2D eigenvalue weighted by Gasteiger charge is -2.23. The first kappa shape index (κ1) is 15.0. The minimum atomic E-state index is -1.60. The molecule has 0 amide bonds. The number of carbonyl (C=O) groups is 1. The number of hydrogen-bond acceptors (Lipinski definition) is 4. The first-order chi connectivity index (χ1) is 7.62. The van der Waals surface area contributed by atoms with Crippen LogP contribution in [0.25, 0.3) is 0 Å². The van der Waals surface area contributed by atoms with Crippen LogP contribution in [0, 0.1) is 0 Å². The van der Waals surface area contributed by atoms with Crippen molar-refractivity contribution in [3.8, 4) is 0 Å². The Bertz CT molecular complexity index is 289. The highest BCUT2D eigenvalue weighted by molar-refractivity contribution is 6.57. The van der Waals surface area contributed by atoms with Gasteiger partial charge in [0.25, 0.3) is 0 Å². The number of alkyl halides is 2. The average Bonchev–Trinajstić information content (AvgIpc) is 2.43. The summed E-state index contributed by atoms with van der Waals surface area (Å²) in [4.78, 5) is 11.6. The van der Waals surface area contributed by atoms with Gasteiger partial charge in [0.05, 0.1) is 18.8 Å². The van der Waals surface area contributed by atoms with Crippen LogP contribution in [0.15, 0.2) is 0 Å². The maximum Gasteiger partial charge on any atom is 0.342 e. The van der Waals surface area contributed by atoms with Crippen LogP contribution in [0.4, 0.5) is 0 Å². The minimum absolute atomic E-state index is 0.144. The van der Waals surface area contributed by atoms with Crippen LogP contribution < -0.4 is 0 Å². The molecule has 100 valence electrons. The zero-order valence-electron chi connectivity index (χ0n) is 10.5. The highest BCUT2D eigenvalue weighted by Crippen LogP contribution is 2.34. The number of halogens is 2. The molecular weight excluding hydrogens is 267 g/mol. The van der Waals surface area contributed by atoms with Gasteiger partial charge in [-0.15, -0.1) is 0 Å². The van der Waals surface area contributed by atoms with Gasteiger partial charge in [-0.2, -0.15) is 0 Å². The van der Waals surface area contributed by atoms with Crippen LogP contribution in [0.5, 0.6) is 0 Å². The molecule has 0 aromatic carbocycles. The second kappa shape index (κ2) is 5.31. The van der Waals surface area contributed by atoms with E-state index in [0.29, 0.717) is 6.61 Å². The maximum absolute atomic E-state index is 11.6. The van der Waals surface area contributed by atoms with Gasteiger partial charge in [0.15, 0.2) is 5.79 Å². The Morgan fingerprint density at radius 1 is 1.53 bits per heavy atom. The van der Waals surface area contributed by atoms with E-state index in [9.17, 15) is 4.79 Å². The zero-order valence-corrected chi connectivity index (χ0v) is 12.0.